The van der Waals surface area contributed by atoms with Gasteiger partial charge in [-0.15, -0.1) is 0 Å². The maximum atomic E-state index is 6.67. The molecule has 29 aromatic rings. The Kier molecular flexibility index (Phi) is 21.3. The number of para-hydroxylation sites is 3. The molecule has 0 aliphatic carbocycles. The van der Waals surface area contributed by atoms with E-state index in [2.05, 4.69) is 546 Å². The minimum absolute atomic E-state index is 0.896. The first-order valence-electron chi connectivity index (χ1n) is 49.8. The van der Waals surface area contributed by atoms with Gasteiger partial charge in [-0.3, -0.25) is 0 Å². The molecule has 0 bridgehead atoms. The Morgan fingerprint density at radius 3 is 0.786 bits per heavy atom. The molecule has 3 heterocycles. The average Bonchev–Trinajstić information content (AvgIpc) is 1.63. The molecule has 0 saturated heterocycles. The van der Waals surface area contributed by atoms with E-state index < -0.39 is 0 Å². The van der Waals surface area contributed by atoms with Crippen LogP contribution in [-0.4, -0.2) is 0 Å². The summed E-state index contributed by atoms with van der Waals surface area (Å²) in [5, 5.41) is 24.1. The Morgan fingerprint density at radius 2 is 0.359 bits per heavy atom. The van der Waals surface area contributed by atoms with E-state index in [9.17, 15) is 0 Å². The van der Waals surface area contributed by atoms with Crippen LogP contribution in [0.3, 0.4) is 0 Å². The van der Waals surface area contributed by atoms with Gasteiger partial charge in [-0.05, 0) is 293 Å². The normalized spacial score (nSPS) is 11.6. The van der Waals surface area contributed by atoms with E-state index in [0.29, 0.717) is 0 Å². The number of benzene rings is 26. The molecule has 3 nitrogen and oxygen atoms in total. The van der Waals surface area contributed by atoms with E-state index in [1.165, 1.54) is 192 Å². The smallest absolute Gasteiger partial charge is 0.143 e. The van der Waals surface area contributed by atoms with E-state index in [0.717, 1.165) is 93.6 Å². The van der Waals surface area contributed by atoms with E-state index in [4.69, 9.17) is 13.3 Å². The summed E-state index contributed by atoms with van der Waals surface area (Å²) >= 11 is 0. The first-order chi connectivity index (χ1) is 71.9. The minimum atomic E-state index is 0.896. The molecule has 0 aliphatic rings. The van der Waals surface area contributed by atoms with Crippen molar-refractivity contribution >= 4 is 141 Å². The molecule has 0 unspecified atom stereocenters. The van der Waals surface area contributed by atoms with Crippen molar-refractivity contribution in [2.45, 2.75) is 0 Å². The third kappa shape index (κ3) is 15.2. The topological polar surface area (TPSA) is 39.4 Å². The van der Waals surface area contributed by atoms with E-state index in [1.54, 1.807) is 0 Å². The fourth-order valence-corrected chi connectivity index (χ4v) is 22.8. The van der Waals surface area contributed by atoms with Crippen molar-refractivity contribution in [3.63, 3.8) is 0 Å². The summed E-state index contributed by atoms with van der Waals surface area (Å²) in [5.74, 6) is 0. The molecule has 29 rings (SSSR count). The number of rotatable bonds is 13. The molecule has 0 fully saturated rings. The van der Waals surface area contributed by atoms with Crippen molar-refractivity contribution in [1.82, 2.24) is 0 Å². The number of fused-ring (bicyclic) bond motifs is 16. The van der Waals surface area contributed by atoms with Crippen LogP contribution in [-0.2, 0) is 0 Å². The molecule has 145 heavy (non-hydrogen) atoms. The molecule has 0 radical (unpaired) electrons. The number of hydrogen-bond donors (Lipinski definition) is 0. The SMILES string of the molecule is c1ccc(-c2cc(-c3ccccc3)cc(-c3c4ccccc4c(-c4cc(-c5ccccc5)cc5oc6ccccc6c45)c4ccccc34)c2)cc1.c1ccc(-c2ccc(-c3c4ccccc4c(-c4cc(-c5ccc6ccccc6c5)cc5oc6ccccc6c45)c4ccccc34)cc2)cc1.c1ccc(-c2cccc(-c3c4ccccc4c(-c4ccc(-c5ccccc5)c5oc6ccccc6c45)c4ccccc34)c2)cc1. The molecular weight excluding hydrogens is 1750 g/mol. The van der Waals surface area contributed by atoms with Gasteiger partial charge < -0.3 is 13.3 Å². The Hall–Kier alpha value is -19.1. The zero-order chi connectivity index (χ0) is 95.8. The highest BCUT2D eigenvalue weighted by Gasteiger charge is 2.28. The van der Waals surface area contributed by atoms with Gasteiger partial charge in [-0.25, -0.2) is 0 Å². The lowest BCUT2D eigenvalue weighted by atomic mass is 9.83. The van der Waals surface area contributed by atoms with Gasteiger partial charge >= 0.3 is 0 Å². The Bertz CT molecular complexity index is 9870. The van der Waals surface area contributed by atoms with Gasteiger partial charge in [-0.1, -0.05) is 467 Å². The van der Waals surface area contributed by atoms with Crippen LogP contribution in [0.5, 0.6) is 0 Å². The zero-order valence-electron chi connectivity index (χ0n) is 79.2. The summed E-state index contributed by atoms with van der Waals surface area (Å²) in [7, 11) is 0. The molecule has 3 heteroatoms. The van der Waals surface area contributed by atoms with Crippen LogP contribution in [0.15, 0.2) is 559 Å². The first kappa shape index (κ1) is 85.2. The monoisotopic (exact) mass is 1840 g/mol. The highest BCUT2D eigenvalue weighted by molar-refractivity contribution is 6.31. The average molecular weight is 1840 g/mol. The lowest BCUT2D eigenvalue weighted by Crippen LogP contribution is -1.93. The van der Waals surface area contributed by atoms with Crippen LogP contribution in [0.4, 0.5) is 0 Å². The fraction of sp³-hybridized carbons (Fsp3) is 0. The fourth-order valence-electron chi connectivity index (χ4n) is 22.8. The van der Waals surface area contributed by atoms with Crippen LogP contribution in [0.2, 0.25) is 0 Å². The van der Waals surface area contributed by atoms with Crippen LogP contribution >= 0.6 is 0 Å². The molecule has 0 spiro atoms. The second-order valence-electron chi connectivity index (χ2n) is 37.7. The quantitative estimate of drug-likeness (QED) is 0.108. The van der Waals surface area contributed by atoms with Crippen LogP contribution in [0, 0.1) is 0 Å². The second kappa shape index (κ2) is 36.3. The number of furan rings is 3. The van der Waals surface area contributed by atoms with E-state index >= 15 is 0 Å². The van der Waals surface area contributed by atoms with Gasteiger partial charge in [0.25, 0.3) is 0 Å². The summed E-state index contributed by atoms with van der Waals surface area (Å²) in [6.07, 6.45) is 0. The Labute approximate surface area is 839 Å². The van der Waals surface area contributed by atoms with E-state index in [1.807, 2.05) is 0 Å². The van der Waals surface area contributed by atoms with Gasteiger partial charge in [0.2, 0.25) is 0 Å². The van der Waals surface area contributed by atoms with Crippen LogP contribution < -0.4 is 0 Å². The summed E-state index contributed by atoms with van der Waals surface area (Å²) < 4.78 is 19.9. The summed E-state index contributed by atoms with van der Waals surface area (Å²) in [5.41, 5.74) is 36.6. The maximum absolute atomic E-state index is 6.67. The highest BCUT2D eigenvalue weighted by atomic mass is 16.3. The summed E-state index contributed by atoms with van der Waals surface area (Å²) in [6.45, 7) is 0. The van der Waals surface area contributed by atoms with Gasteiger partial charge in [0, 0.05) is 37.9 Å². The summed E-state index contributed by atoms with van der Waals surface area (Å²) in [6, 6.07) is 197. The van der Waals surface area contributed by atoms with Gasteiger partial charge in [-0.2, -0.15) is 0 Å². The first-order valence-corrected chi connectivity index (χ1v) is 49.8. The van der Waals surface area contributed by atoms with Gasteiger partial charge in [0.15, 0.2) is 0 Å². The zero-order valence-corrected chi connectivity index (χ0v) is 79.2. The lowest BCUT2D eigenvalue weighted by Gasteiger charge is -2.20. The van der Waals surface area contributed by atoms with Crippen molar-refractivity contribution in [3.8, 4) is 145 Å². The van der Waals surface area contributed by atoms with E-state index in [-0.39, 0.29) is 0 Å². The predicted octanol–water partition coefficient (Wildman–Crippen LogP) is 40.5. The molecule has 676 valence electrons. The number of hydrogen-bond acceptors (Lipinski definition) is 3. The predicted molar refractivity (Wildman–Crippen MR) is 614 cm³/mol. The largest absolute Gasteiger partial charge is 0.456 e. The standard InChI is InChI=1S/C50H32O.C48H30O.C44H28O/c1-4-16-33(17-5-1)36-28-37(34-18-6-2-7-19-34)30-39(29-36)48-40-22-10-12-24-42(40)49(43-25-13-11-23-41(43)48)45-31-38(35-20-8-3-9-21-35)32-47-50(45)44-26-14-15-27-46(44)51-47;1-2-12-31(13-3-1)33-22-25-34(26-23-33)46-38-16-6-8-18-40(38)47(41-19-9-7-17-39(41)46)43-29-37(36-27-24-32-14-4-5-15-35(32)28-36)30-45-48(43)42-20-10-11-21-44(42)49-45;1-3-14-29(15-4-1)31-18-13-19-32(28-31)41-34-20-7-9-22-36(34)42(37-23-10-8-21-35(37)41)39-27-26-33(30-16-5-2-6-17-30)44-43(39)38-24-11-12-25-40(38)45-44/h1-32H;1-30H;1-28H. The van der Waals surface area contributed by atoms with Crippen molar-refractivity contribution < 1.29 is 13.3 Å². The molecule has 0 atom stereocenters. The maximum Gasteiger partial charge on any atom is 0.143 e. The van der Waals surface area contributed by atoms with Gasteiger partial charge in [0.1, 0.15) is 33.5 Å². The molecule has 0 amide bonds. The van der Waals surface area contributed by atoms with Crippen molar-refractivity contribution in [3.05, 3.63) is 546 Å². The molecule has 3 aromatic heterocycles. The van der Waals surface area contributed by atoms with Crippen molar-refractivity contribution in [2.75, 3.05) is 0 Å². The lowest BCUT2D eigenvalue weighted by molar-refractivity contribution is 0.669. The third-order valence-corrected chi connectivity index (χ3v) is 29.3. The van der Waals surface area contributed by atoms with Crippen LogP contribution in [0.1, 0.15) is 0 Å². The molecule has 0 N–H and O–H groups in total. The van der Waals surface area contributed by atoms with Crippen LogP contribution in [0.25, 0.3) is 286 Å². The third-order valence-electron chi connectivity index (χ3n) is 29.3. The molecular formula is C142H90O3. The second-order valence-corrected chi connectivity index (χ2v) is 37.7. The van der Waals surface area contributed by atoms with Crippen molar-refractivity contribution in [2.24, 2.45) is 0 Å². The highest BCUT2D eigenvalue weighted by Crippen LogP contribution is 2.55. The molecule has 26 aromatic carbocycles. The Morgan fingerprint density at radius 1 is 0.103 bits per heavy atom. The summed E-state index contributed by atoms with van der Waals surface area (Å²) in [4.78, 5) is 0. The van der Waals surface area contributed by atoms with Gasteiger partial charge in [0.05, 0.1) is 0 Å². The molecule has 0 saturated carbocycles. The van der Waals surface area contributed by atoms with Crippen molar-refractivity contribution in [1.29, 1.82) is 0 Å². The molecule has 0 aliphatic heterocycles. The minimum Gasteiger partial charge on any atom is -0.456 e. The Balaban J connectivity index is 0.000000108.